The summed E-state index contributed by atoms with van der Waals surface area (Å²) < 4.78 is 44.5. The second kappa shape index (κ2) is 9.47. The number of sulfonamides is 1. The van der Waals surface area contributed by atoms with Crippen molar-refractivity contribution >= 4 is 21.9 Å². The SMILES string of the molecule is CC(C)[C@H](C)NC(=O)COC(=O)C1CCN(S(=O)(=O)c2ccc(F)cc2)CC1. The fourth-order valence-electron chi connectivity index (χ4n) is 2.80. The maximum Gasteiger partial charge on any atom is 0.309 e. The largest absolute Gasteiger partial charge is 0.455 e. The van der Waals surface area contributed by atoms with E-state index in [1.807, 2.05) is 20.8 Å². The molecular formula is C19H27FN2O5S. The highest BCUT2D eigenvalue weighted by atomic mass is 32.2. The molecule has 0 unspecified atom stereocenters. The molecule has 0 saturated carbocycles. The maximum atomic E-state index is 13.0. The average Bonchev–Trinajstić information content (AvgIpc) is 2.66. The normalized spacial score (nSPS) is 17.3. The van der Waals surface area contributed by atoms with Crippen LogP contribution in [0.5, 0.6) is 0 Å². The molecule has 1 saturated heterocycles. The molecule has 1 aliphatic heterocycles. The predicted octanol–water partition coefficient (Wildman–Crippen LogP) is 1.93. The number of rotatable bonds is 7. The Bertz CT molecular complexity index is 787. The standard InChI is InChI=1S/C19H27FN2O5S/c1-13(2)14(3)21-18(23)12-27-19(24)15-8-10-22(11-9-15)28(25,26)17-6-4-16(20)5-7-17/h4-7,13-15H,8-12H2,1-3H3,(H,21,23)/t14-/m0/s1. The van der Waals surface area contributed by atoms with Gasteiger partial charge >= 0.3 is 5.97 Å². The van der Waals surface area contributed by atoms with Gasteiger partial charge in [-0.05, 0) is 49.9 Å². The molecule has 1 fully saturated rings. The summed E-state index contributed by atoms with van der Waals surface area (Å²) in [5.41, 5.74) is 0. The Morgan fingerprint density at radius 3 is 2.29 bits per heavy atom. The Kier molecular flexibility index (Phi) is 7.54. The number of ether oxygens (including phenoxy) is 1. The van der Waals surface area contributed by atoms with Gasteiger partial charge in [-0.15, -0.1) is 0 Å². The number of carbonyl (C=O) groups excluding carboxylic acids is 2. The van der Waals surface area contributed by atoms with Crippen LogP contribution >= 0.6 is 0 Å². The molecule has 156 valence electrons. The van der Waals surface area contributed by atoms with Crippen LogP contribution in [0.1, 0.15) is 33.6 Å². The lowest BCUT2D eigenvalue weighted by molar-refractivity contribution is -0.153. The second-order valence-electron chi connectivity index (χ2n) is 7.34. The van der Waals surface area contributed by atoms with Gasteiger partial charge in [-0.1, -0.05) is 13.8 Å². The van der Waals surface area contributed by atoms with Crippen molar-refractivity contribution in [3.63, 3.8) is 0 Å². The molecule has 1 aromatic carbocycles. The second-order valence-corrected chi connectivity index (χ2v) is 9.28. The van der Waals surface area contributed by atoms with Crippen LogP contribution in [0.4, 0.5) is 4.39 Å². The smallest absolute Gasteiger partial charge is 0.309 e. The molecule has 0 bridgehead atoms. The van der Waals surface area contributed by atoms with Gasteiger partial charge in [-0.25, -0.2) is 12.8 Å². The van der Waals surface area contributed by atoms with Crippen LogP contribution in [0.3, 0.4) is 0 Å². The van der Waals surface area contributed by atoms with E-state index in [0.29, 0.717) is 12.8 Å². The van der Waals surface area contributed by atoms with Crippen LogP contribution in [0.25, 0.3) is 0 Å². The van der Waals surface area contributed by atoms with E-state index in [0.717, 1.165) is 12.1 Å². The van der Waals surface area contributed by atoms with Crippen molar-refractivity contribution in [2.75, 3.05) is 19.7 Å². The molecule has 7 nitrogen and oxygen atoms in total. The van der Waals surface area contributed by atoms with Crippen LogP contribution in [-0.4, -0.2) is 50.3 Å². The fourth-order valence-corrected chi connectivity index (χ4v) is 4.27. The number of halogens is 1. The minimum atomic E-state index is -3.72. The summed E-state index contributed by atoms with van der Waals surface area (Å²) in [5.74, 6) is -1.54. The Morgan fingerprint density at radius 2 is 1.75 bits per heavy atom. The summed E-state index contributed by atoms with van der Waals surface area (Å²) in [6, 6.07) is 4.62. The zero-order valence-electron chi connectivity index (χ0n) is 16.4. The molecule has 1 aliphatic rings. The molecule has 2 rings (SSSR count). The van der Waals surface area contributed by atoms with Crippen molar-refractivity contribution in [2.24, 2.45) is 11.8 Å². The van der Waals surface area contributed by atoms with Crippen molar-refractivity contribution in [3.8, 4) is 0 Å². The highest BCUT2D eigenvalue weighted by Gasteiger charge is 2.33. The molecule has 1 atom stereocenters. The number of amides is 1. The number of piperidine rings is 1. The molecule has 0 radical (unpaired) electrons. The topological polar surface area (TPSA) is 92.8 Å². The number of hydrogen-bond acceptors (Lipinski definition) is 5. The lowest BCUT2D eigenvalue weighted by Gasteiger charge is -2.30. The number of benzene rings is 1. The van der Waals surface area contributed by atoms with Gasteiger partial charge in [0.15, 0.2) is 6.61 Å². The van der Waals surface area contributed by atoms with E-state index in [2.05, 4.69) is 5.32 Å². The minimum absolute atomic E-state index is 0.0193. The molecule has 1 heterocycles. The average molecular weight is 414 g/mol. The fraction of sp³-hybridized carbons (Fsp3) is 0.579. The maximum absolute atomic E-state index is 13.0. The van der Waals surface area contributed by atoms with E-state index in [9.17, 15) is 22.4 Å². The van der Waals surface area contributed by atoms with E-state index in [1.165, 1.54) is 16.4 Å². The third-order valence-corrected chi connectivity index (χ3v) is 6.89. The quantitative estimate of drug-likeness (QED) is 0.688. The zero-order chi connectivity index (χ0) is 20.9. The van der Waals surface area contributed by atoms with Gasteiger partial charge in [-0.2, -0.15) is 4.31 Å². The molecule has 1 aromatic rings. The van der Waals surface area contributed by atoms with Gasteiger partial charge in [0.2, 0.25) is 10.0 Å². The van der Waals surface area contributed by atoms with Gasteiger partial charge in [-0.3, -0.25) is 9.59 Å². The molecule has 1 N–H and O–H groups in total. The van der Waals surface area contributed by atoms with E-state index < -0.39 is 27.7 Å². The summed E-state index contributed by atoms with van der Waals surface area (Å²) in [4.78, 5) is 24.0. The molecule has 1 amide bonds. The Morgan fingerprint density at radius 1 is 1.18 bits per heavy atom. The van der Waals surface area contributed by atoms with Crippen molar-refractivity contribution in [2.45, 2.75) is 44.6 Å². The third-order valence-electron chi connectivity index (χ3n) is 4.97. The number of esters is 1. The van der Waals surface area contributed by atoms with Crippen molar-refractivity contribution in [1.29, 1.82) is 0 Å². The van der Waals surface area contributed by atoms with Gasteiger partial charge in [0.1, 0.15) is 5.82 Å². The van der Waals surface area contributed by atoms with Crippen LogP contribution < -0.4 is 5.32 Å². The van der Waals surface area contributed by atoms with Crippen molar-refractivity contribution in [1.82, 2.24) is 9.62 Å². The lowest BCUT2D eigenvalue weighted by Crippen LogP contribution is -2.42. The number of carbonyl (C=O) groups is 2. The van der Waals surface area contributed by atoms with E-state index in [-0.39, 0.29) is 42.5 Å². The van der Waals surface area contributed by atoms with Crippen molar-refractivity contribution < 1.29 is 27.1 Å². The minimum Gasteiger partial charge on any atom is -0.455 e. The van der Waals surface area contributed by atoms with Gasteiger partial charge < -0.3 is 10.1 Å². The third kappa shape index (κ3) is 5.75. The molecule has 28 heavy (non-hydrogen) atoms. The summed E-state index contributed by atoms with van der Waals surface area (Å²) in [6.07, 6.45) is 0.618. The first-order valence-electron chi connectivity index (χ1n) is 9.33. The summed E-state index contributed by atoms with van der Waals surface area (Å²) >= 11 is 0. The van der Waals surface area contributed by atoms with Crippen LogP contribution in [0.15, 0.2) is 29.2 Å². The van der Waals surface area contributed by atoms with E-state index in [4.69, 9.17) is 4.74 Å². The Balaban J connectivity index is 1.83. The first-order valence-corrected chi connectivity index (χ1v) is 10.8. The van der Waals surface area contributed by atoms with Gasteiger partial charge in [0, 0.05) is 19.1 Å². The van der Waals surface area contributed by atoms with Crippen molar-refractivity contribution in [3.05, 3.63) is 30.1 Å². The number of nitrogens with zero attached hydrogens (tertiary/aromatic N) is 1. The summed E-state index contributed by atoms with van der Waals surface area (Å²) in [6.45, 7) is 5.81. The Hall–Kier alpha value is -2.00. The predicted molar refractivity (Wildman–Crippen MR) is 101 cm³/mol. The molecule has 0 spiro atoms. The Labute approximate surface area is 165 Å². The van der Waals surface area contributed by atoms with Crippen LogP contribution in [0.2, 0.25) is 0 Å². The molecule has 9 heteroatoms. The first-order chi connectivity index (χ1) is 13.1. The summed E-state index contributed by atoms with van der Waals surface area (Å²) in [5, 5.41) is 2.76. The number of nitrogens with one attached hydrogen (secondary N) is 1. The van der Waals surface area contributed by atoms with Gasteiger partial charge in [0.05, 0.1) is 10.8 Å². The van der Waals surface area contributed by atoms with Gasteiger partial charge in [0.25, 0.3) is 5.91 Å². The highest BCUT2D eigenvalue weighted by molar-refractivity contribution is 7.89. The van der Waals surface area contributed by atoms with E-state index >= 15 is 0 Å². The van der Waals surface area contributed by atoms with Crippen LogP contribution in [-0.2, 0) is 24.3 Å². The molecule has 0 aliphatic carbocycles. The number of hydrogen-bond donors (Lipinski definition) is 1. The molecular weight excluding hydrogens is 387 g/mol. The highest BCUT2D eigenvalue weighted by Crippen LogP contribution is 2.24. The lowest BCUT2D eigenvalue weighted by atomic mass is 9.98. The summed E-state index contributed by atoms with van der Waals surface area (Å²) in [7, 11) is -3.72. The monoisotopic (exact) mass is 414 g/mol. The van der Waals surface area contributed by atoms with Crippen LogP contribution in [0, 0.1) is 17.7 Å². The molecule has 0 aromatic heterocycles. The van der Waals surface area contributed by atoms with E-state index in [1.54, 1.807) is 0 Å². The zero-order valence-corrected chi connectivity index (χ0v) is 17.2. The first kappa shape index (κ1) is 22.3.